The molecule has 38 heavy (non-hydrogen) atoms. The van der Waals surface area contributed by atoms with Crippen molar-refractivity contribution in [2.75, 3.05) is 47.5 Å². The number of unbranched alkanes of at least 4 members (excludes halogenated alkanes) is 2. The number of Topliss-reactive ketones (excluding diaryl/α,β-unsaturated/α-hetero) is 1. The predicted octanol–water partition coefficient (Wildman–Crippen LogP) is 4.95. The van der Waals surface area contributed by atoms with Crippen molar-refractivity contribution in [1.29, 1.82) is 0 Å². The first-order chi connectivity index (χ1) is 18.2. The third-order valence-corrected chi connectivity index (χ3v) is 6.59. The van der Waals surface area contributed by atoms with Crippen molar-refractivity contribution < 1.29 is 28.9 Å². The summed E-state index contributed by atoms with van der Waals surface area (Å²) < 4.78 is 17.2. The van der Waals surface area contributed by atoms with E-state index in [2.05, 4.69) is 6.92 Å². The lowest BCUT2D eigenvalue weighted by molar-refractivity contribution is -0.140. The molecule has 1 fully saturated rings. The van der Waals surface area contributed by atoms with Crippen LogP contribution in [0.2, 0.25) is 0 Å². The molecule has 2 aromatic rings. The lowest BCUT2D eigenvalue weighted by Gasteiger charge is -2.27. The number of hydrogen-bond donors (Lipinski definition) is 1. The lowest BCUT2D eigenvalue weighted by atomic mass is 9.94. The molecule has 0 radical (unpaired) electrons. The smallest absolute Gasteiger partial charge is 0.295 e. The maximum absolute atomic E-state index is 13.3. The quantitative estimate of drug-likeness (QED) is 0.172. The van der Waals surface area contributed by atoms with Crippen LogP contribution in [0.1, 0.15) is 55.8 Å². The summed E-state index contributed by atoms with van der Waals surface area (Å²) in [6, 6.07) is 9.86. The van der Waals surface area contributed by atoms with Gasteiger partial charge in [0.2, 0.25) is 0 Å². The molecule has 1 unspecified atom stereocenters. The van der Waals surface area contributed by atoms with E-state index in [1.54, 1.807) is 37.4 Å². The van der Waals surface area contributed by atoms with E-state index >= 15 is 0 Å². The van der Waals surface area contributed by atoms with Gasteiger partial charge in [-0.15, -0.1) is 0 Å². The van der Waals surface area contributed by atoms with E-state index in [4.69, 9.17) is 14.2 Å². The number of carbonyl (C=O) groups excluding carboxylic acids is 2. The molecule has 1 atom stereocenters. The van der Waals surface area contributed by atoms with Gasteiger partial charge in [-0.25, -0.2) is 0 Å². The van der Waals surface area contributed by atoms with Crippen molar-refractivity contribution >= 4 is 17.4 Å². The summed E-state index contributed by atoms with van der Waals surface area (Å²) in [4.78, 5) is 30.0. The zero-order valence-corrected chi connectivity index (χ0v) is 23.4. The van der Waals surface area contributed by atoms with Crippen LogP contribution in [0.5, 0.6) is 17.2 Å². The molecular weight excluding hydrogens is 484 g/mol. The first-order valence-corrected chi connectivity index (χ1v) is 13.2. The zero-order chi connectivity index (χ0) is 27.8. The number of aryl methyl sites for hydroxylation is 1. The van der Waals surface area contributed by atoms with Gasteiger partial charge in [0.25, 0.3) is 11.7 Å². The molecule has 1 N–H and O–H groups in total. The van der Waals surface area contributed by atoms with Gasteiger partial charge in [-0.1, -0.05) is 25.8 Å². The highest BCUT2D eigenvalue weighted by molar-refractivity contribution is 6.46. The molecule has 0 spiro atoms. The third-order valence-electron chi connectivity index (χ3n) is 6.59. The van der Waals surface area contributed by atoms with Gasteiger partial charge in [0.15, 0.2) is 11.5 Å². The van der Waals surface area contributed by atoms with Crippen LogP contribution in [0.4, 0.5) is 0 Å². The number of aliphatic hydroxyl groups excluding tert-OH is 1. The van der Waals surface area contributed by atoms with Crippen LogP contribution in [0.25, 0.3) is 5.76 Å². The maximum Gasteiger partial charge on any atom is 0.295 e. The molecule has 2 aromatic carbocycles. The number of methoxy groups -OCH3 is 1. The van der Waals surface area contributed by atoms with Gasteiger partial charge < -0.3 is 29.1 Å². The van der Waals surface area contributed by atoms with Gasteiger partial charge in [-0.3, -0.25) is 9.59 Å². The summed E-state index contributed by atoms with van der Waals surface area (Å²) in [7, 11) is 5.37. The Bertz CT molecular complexity index is 1170. The van der Waals surface area contributed by atoms with Crippen LogP contribution in [-0.4, -0.2) is 74.1 Å². The highest BCUT2D eigenvalue weighted by atomic mass is 16.5. The summed E-state index contributed by atoms with van der Waals surface area (Å²) in [5.41, 5.74) is 1.98. The van der Waals surface area contributed by atoms with E-state index in [-0.39, 0.29) is 11.3 Å². The number of likely N-dealkylation sites (N-methyl/N-ethyl adjacent to an activating group) is 1. The van der Waals surface area contributed by atoms with E-state index in [0.29, 0.717) is 54.7 Å². The average Bonchev–Trinajstić information content (AvgIpc) is 3.15. The fourth-order valence-electron chi connectivity index (χ4n) is 4.54. The molecule has 1 aliphatic heterocycles. The molecule has 3 rings (SSSR count). The number of rotatable bonds is 13. The maximum atomic E-state index is 13.3. The molecule has 8 heteroatoms. The summed E-state index contributed by atoms with van der Waals surface area (Å²) in [5, 5.41) is 11.4. The molecule has 206 valence electrons. The molecular formula is C30H40N2O6. The van der Waals surface area contributed by atoms with Gasteiger partial charge in [-0.2, -0.15) is 0 Å². The fraction of sp³-hybridized carbons (Fsp3) is 0.467. The zero-order valence-electron chi connectivity index (χ0n) is 23.4. The van der Waals surface area contributed by atoms with Crippen LogP contribution < -0.4 is 14.2 Å². The van der Waals surface area contributed by atoms with Crippen molar-refractivity contribution in [2.24, 2.45) is 0 Å². The van der Waals surface area contributed by atoms with Crippen molar-refractivity contribution in [3.05, 3.63) is 58.7 Å². The minimum absolute atomic E-state index is 0.0518. The number of ketones is 1. The Morgan fingerprint density at radius 2 is 1.74 bits per heavy atom. The molecule has 1 heterocycles. The summed E-state index contributed by atoms with van der Waals surface area (Å²) >= 11 is 0. The Labute approximate surface area is 225 Å². The van der Waals surface area contributed by atoms with E-state index in [1.807, 2.05) is 38.9 Å². The molecule has 0 saturated carbocycles. The Morgan fingerprint density at radius 3 is 2.37 bits per heavy atom. The molecule has 1 saturated heterocycles. The topological polar surface area (TPSA) is 88.5 Å². The number of aliphatic hydroxyl groups is 1. The number of carbonyl (C=O) groups is 2. The van der Waals surface area contributed by atoms with Crippen LogP contribution in [0.3, 0.4) is 0 Å². The van der Waals surface area contributed by atoms with Crippen molar-refractivity contribution in [3.63, 3.8) is 0 Å². The van der Waals surface area contributed by atoms with E-state index in [0.717, 1.165) is 24.8 Å². The van der Waals surface area contributed by atoms with Crippen LogP contribution in [-0.2, 0) is 9.59 Å². The van der Waals surface area contributed by atoms with Gasteiger partial charge in [-0.05, 0) is 75.8 Å². The molecule has 0 bridgehead atoms. The Hall–Kier alpha value is -3.52. The summed E-state index contributed by atoms with van der Waals surface area (Å²) in [6.07, 6.45) is 3.11. The van der Waals surface area contributed by atoms with Gasteiger partial charge in [0, 0.05) is 18.7 Å². The van der Waals surface area contributed by atoms with Gasteiger partial charge >= 0.3 is 0 Å². The highest BCUT2D eigenvalue weighted by Crippen LogP contribution is 2.42. The second-order valence-electron chi connectivity index (χ2n) is 9.67. The first kappa shape index (κ1) is 29.0. The monoisotopic (exact) mass is 524 g/mol. The minimum Gasteiger partial charge on any atom is -0.507 e. The largest absolute Gasteiger partial charge is 0.507 e. The highest BCUT2D eigenvalue weighted by Gasteiger charge is 2.46. The van der Waals surface area contributed by atoms with Crippen molar-refractivity contribution in [1.82, 2.24) is 9.80 Å². The summed E-state index contributed by atoms with van der Waals surface area (Å²) in [5.74, 6) is 0.238. The predicted molar refractivity (Wildman–Crippen MR) is 148 cm³/mol. The normalized spacial score (nSPS) is 16.8. The molecule has 1 amide bonds. The van der Waals surface area contributed by atoms with Crippen LogP contribution in [0.15, 0.2) is 42.0 Å². The number of ether oxygens (including phenoxy) is 3. The molecule has 1 aliphatic rings. The Balaban J connectivity index is 2.09. The van der Waals surface area contributed by atoms with E-state index in [9.17, 15) is 14.7 Å². The molecule has 8 nitrogen and oxygen atoms in total. The molecule has 0 aromatic heterocycles. The average molecular weight is 525 g/mol. The van der Waals surface area contributed by atoms with E-state index < -0.39 is 17.7 Å². The van der Waals surface area contributed by atoms with Crippen LogP contribution >= 0.6 is 0 Å². The number of hydrogen-bond acceptors (Lipinski definition) is 7. The number of amides is 1. The summed E-state index contributed by atoms with van der Waals surface area (Å²) in [6.45, 7) is 7.87. The number of nitrogens with zero attached hydrogens (tertiary/aromatic N) is 2. The molecule has 0 aliphatic carbocycles. The Morgan fingerprint density at radius 1 is 1.00 bits per heavy atom. The number of likely N-dealkylation sites (tertiary alicyclic amines) is 1. The van der Waals surface area contributed by atoms with Gasteiger partial charge in [0.1, 0.15) is 11.5 Å². The first-order valence-electron chi connectivity index (χ1n) is 13.2. The fourth-order valence-corrected chi connectivity index (χ4v) is 4.54. The lowest BCUT2D eigenvalue weighted by Crippen LogP contribution is -2.35. The number of benzene rings is 2. The third kappa shape index (κ3) is 6.48. The van der Waals surface area contributed by atoms with Gasteiger partial charge in [0.05, 0.1) is 31.9 Å². The van der Waals surface area contributed by atoms with Crippen LogP contribution in [0, 0.1) is 6.92 Å². The van der Waals surface area contributed by atoms with Crippen molar-refractivity contribution in [3.8, 4) is 17.2 Å². The SMILES string of the molecule is CCCCCOc1ccc(C2/C(=C(\O)c3ccc(OCC)c(C)c3)C(=O)C(=O)N2CCN(C)C)cc1OC. The van der Waals surface area contributed by atoms with E-state index in [1.165, 1.54) is 4.90 Å². The Kier molecular flexibility index (Phi) is 10.2. The standard InChI is InChI=1S/C30H40N2O6/c1-7-9-10-17-38-24-14-11-21(19-25(24)36-6)27-26(29(34)30(35)32(27)16-15-31(4)5)28(33)22-12-13-23(37-8-2)20(3)18-22/h11-14,18-19,27,33H,7-10,15-17H2,1-6H3/b28-26+. The van der Waals surface area contributed by atoms with Crippen molar-refractivity contribution in [2.45, 2.75) is 46.1 Å². The minimum atomic E-state index is -0.773. The second-order valence-corrected chi connectivity index (χ2v) is 9.67. The second kappa shape index (κ2) is 13.3.